The maximum Gasteiger partial charge on any atom is 0.419 e. The molecule has 0 bridgehead atoms. The molecule has 2 aromatic carbocycles. The van der Waals surface area contributed by atoms with Gasteiger partial charge in [-0.1, -0.05) is 30.3 Å². The molecule has 4 nitrogen and oxygen atoms in total. The van der Waals surface area contributed by atoms with Crippen LogP contribution in [0.25, 0.3) is 0 Å². The van der Waals surface area contributed by atoms with E-state index in [1.54, 1.807) is 0 Å². The number of alkyl halides is 3. The molecule has 0 radical (unpaired) electrons. The van der Waals surface area contributed by atoms with Gasteiger partial charge in [0, 0.05) is 6.42 Å². The summed E-state index contributed by atoms with van der Waals surface area (Å²) in [6, 6.07) is 12.2. The highest BCUT2D eigenvalue weighted by Gasteiger charge is 2.35. The Hall–Kier alpha value is -2.54. The van der Waals surface area contributed by atoms with Gasteiger partial charge >= 0.3 is 12.1 Å². The lowest BCUT2D eigenvalue weighted by atomic mass is 10.1. The SMILES string of the molecule is O=C(O)c1ccc(OCCCOCc2ccccc2)c(C(F)(F)F)c1. The highest BCUT2D eigenvalue weighted by Crippen LogP contribution is 2.36. The van der Waals surface area contributed by atoms with Crippen molar-refractivity contribution in [2.24, 2.45) is 0 Å². The zero-order valence-electron chi connectivity index (χ0n) is 13.3. The molecule has 0 atom stereocenters. The van der Waals surface area contributed by atoms with Crippen molar-refractivity contribution < 1.29 is 32.5 Å². The lowest BCUT2D eigenvalue weighted by Crippen LogP contribution is -2.12. The standard InChI is InChI=1S/C18H17F3O4/c19-18(20,21)15-11-14(17(22)23)7-8-16(15)25-10-4-9-24-12-13-5-2-1-3-6-13/h1-3,5-8,11H,4,9-10,12H2,(H,22,23). The van der Waals surface area contributed by atoms with E-state index in [9.17, 15) is 18.0 Å². The molecule has 0 fully saturated rings. The van der Waals surface area contributed by atoms with Crippen molar-refractivity contribution in [3.63, 3.8) is 0 Å². The number of benzene rings is 2. The van der Waals surface area contributed by atoms with E-state index in [0.717, 1.165) is 17.7 Å². The Balaban J connectivity index is 1.84. The molecule has 0 saturated heterocycles. The predicted molar refractivity (Wildman–Crippen MR) is 84.6 cm³/mol. The van der Waals surface area contributed by atoms with Gasteiger partial charge in [0.05, 0.1) is 30.9 Å². The second-order valence-electron chi connectivity index (χ2n) is 5.25. The fourth-order valence-electron chi connectivity index (χ4n) is 2.12. The third kappa shape index (κ3) is 5.79. The third-order valence-electron chi connectivity index (χ3n) is 3.33. The van der Waals surface area contributed by atoms with Crippen LogP contribution >= 0.6 is 0 Å². The van der Waals surface area contributed by atoms with E-state index in [4.69, 9.17) is 14.6 Å². The van der Waals surface area contributed by atoms with Crippen molar-refractivity contribution in [3.8, 4) is 5.75 Å². The normalized spacial score (nSPS) is 11.3. The molecule has 2 rings (SSSR count). The van der Waals surface area contributed by atoms with Crippen LogP contribution in [0.3, 0.4) is 0 Å². The third-order valence-corrected chi connectivity index (χ3v) is 3.33. The van der Waals surface area contributed by atoms with Gasteiger partial charge in [0.1, 0.15) is 5.75 Å². The average molecular weight is 354 g/mol. The van der Waals surface area contributed by atoms with Crippen molar-refractivity contribution in [2.75, 3.05) is 13.2 Å². The molecule has 0 aliphatic heterocycles. The van der Waals surface area contributed by atoms with Gasteiger partial charge in [-0.15, -0.1) is 0 Å². The number of ether oxygens (including phenoxy) is 2. The van der Waals surface area contributed by atoms with E-state index >= 15 is 0 Å². The van der Waals surface area contributed by atoms with Crippen molar-refractivity contribution in [2.45, 2.75) is 19.2 Å². The molecule has 7 heteroatoms. The summed E-state index contributed by atoms with van der Waals surface area (Å²) in [6.07, 6.45) is -4.28. The fraction of sp³-hybridized carbons (Fsp3) is 0.278. The van der Waals surface area contributed by atoms with E-state index in [1.807, 2.05) is 30.3 Å². The minimum atomic E-state index is -4.69. The van der Waals surface area contributed by atoms with Crippen LogP contribution in [0.5, 0.6) is 5.75 Å². The Bertz CT molecular complexity index is 699. The molecule has 25 heavy (non-hydrogen) atoms. The Morgan fingerprint density at radius 3 is 2.40 bits per heavy atom. The summed E-state index contributed by atoms with van der Waals surface area (Å²) in [4.78, 5) is 10.8. The van der Waals surface area contributed by atoms with Crippen LogP contribution in [0.4, 0.5) is 13.2 Å². The zero-order chi connectivity index (χ0) is 18.3. The van der Waals surface area contributed by atoms with Crippen molar-refractivity contribution >= 4 is 5.97 Å². The highest BCUT2D eigenvalue weighted by atomic mass is 19.4. The Morgan fingerprint density at radius 2 is 1.76 bits per heavy atom. The van der Waals surface area contributed by atoms with Crippen LogP contribution in [0, 0.1) is 0 Å². The zero-order valence-corrected chi connectivity index (χ0v) is 13.3. The van der Waals surface area contributed by atoms with Gasteiger partial charge in [-0.3, -0.25) is 0 Å². The Morgan fingerprint density at radius 1 is 1.04 bits per heavy atom. The molecular weight excluding hydrogens is 337 g/mol. The molecule has 1 N–H and O–H groups in total. The average Bonchev–Trinajstić information content (AvgIpc) is 2.58. The number of rotatable bonds is 8. The maximum atomic E-state index is 13.0. The summed E-state index contributed by atoms with van der Waals surface area (Å²) >= 11 is 0. The molecular formula is C18H17F3O4. The molecule has 0 aromatic heterocycles. The number of halogens is 3. The summed E-state index contributed by atoms with van der Waals surface area (Å²) in [5, 5.41) is 8.81. The van der Waals surface area contributed by atoms with Crippen LogP contribution in [-0.2, 0) is 17.5 Å². The molecule has 0 saturated carbocycles. The van der Waals surface area contributed by atoms with Crippen LogP contribution in [0.15, 0.2) is 48.5 Å². The lowest BCUT2D eigenvalue weighted by Gasteiger charge is -2.14. The second-order valence-corrected chi connectivity index (χ2v) is 5.25. The monoisotopic (exact) mass is 354 g/mol. The highest BCUT2D eigenvalue weighted by molar-refractivity contribution is 5.88. The van der Waals surface area contributed by atoms with Crippen LogP contribution in [-0.4, -0.2) is 24.3 Å². The molecule has 2 aromatic rings. The predicted octanol–water partition coefficient (Wildman–Crippen LogP) is 4.39. The summed E-state index contributed by atoms with van der Waals surface area (Å²) < 4.78 is 49.6. The summed E-state index contributed by atoms with van der Waals surface area (Å²) in [5.41, 5.74) is -0.532. The molecule has 0 amide bonds. The maximum absolute atomic E-state index is 13.0. The smallest absolute Gasteiger partial charge is 0.419 e. The topological polar surface area (TPSA) is 55.8 Å². The van der Waals surface area contributed by atoms with Gasteiger partial charge in [0.2, 0.25) is 0 Å². The number of hydrogen-bond acceptors (Lipinski definition) is 3. The van der Waals surface area contributed by atoms with Gasteiger partial charge in [-0.25, -0.2) is 4.79 Å². The largest absolute Gasteiger partial charge is 0.493 e. The van der Waals surface area contributed by atoms with Crippen molar-refractivity contribution in [3.05, 3.63) is 65.2 Å². The minimum Gasteiger partial charge on any atom is -0.493 e. The van der Waals surface area contributed by atoms with E-state index in [-0.39, 0.29) is 12.4 Å². The van der Waals surface area contributed by atoms with Crippen molar-refractivity contribution in [1.29, 1.82) is 0 Å². The first-order chi connectivity index (χ1) is 11.9. The van der Waals surface area contributed by atoms with Gasteiger partial charge in [-0.05, 0) is 23.8 Å². The van der Waals surface area contributed by atoms with Crippen LogP contribution in [0.2, 0.25) is 0 Å². The quantitative estimate of drug-likeness (QED) is 0.715. The van der Waals surface area contributed by atoms with Gasteiger partial charge in [0.25, 0.3) is 0 Å². The molecule has 0 aliphatic rings. The van der Waals surface area contributed by atoms with Gasteiger partial charge < -0.3 is 14.6 Å². The number of hydrogen-bond donors (Lipinski definition) is 1. The summed E-state index contributed by atoms with van der Waals surface area (Å²) in [6.45, 7) is 0.787. The van der Waals surface area contributed by atoms with Crippen LogP contribution < -0.4 is 4.74 Å². The first kappa shape index (κ1) is 18.8. The molecule has 0 heterocycles. The lowest BCUT2D eigenvalue weighted by molar-refractivity contribution is -0.139. The molecule has 0 unspecified atom stereocenters. The van der Waals surface area contributed by atoms with E-state index < -0.39 is 23.3 Å². The first-order valence-corrected chi connectivity index (χ1v) is 7.57. The van der Waals surface area contributed by atoms with E-state index in [2.05, 4.69) is 0 Å². The molecule has 0 spiro atoms. The van der Waals surface area contributed by atoms with Crippen LogP contribution in [0.1, 0.15) is 27.9 Å². The first-order valence-electron chi connectivity index (χ1n) is 7.57. The van der Waals surface area contributed by atoms with E-state index in [0.29, 0.717) is 25.7 Å². The number of carbonyl (C=O) groups is 1. The summed E-state index contributed by atoms with van der Waals surface area (Å²) in [7, 11) is 0. The fourth-order valence-corrected chi connectivity index (χ4v) is 2.12. The van der Waals surface area contributed by atoms with Crippen molar-refractivity contribution in [1.82, 2.24) is 0 Å². The van der Waals surface area contributed by atoms with E-state index in [1.165, 1.54) is 0 Å². The number of carboxylic acids is 1. The number of carboxylic acid groups (broad SMARTS) is 1. The molecule has 134 valence electrons. The summed E-state index contributed by atoms with van der Waals surface area (Å²) in [5.74, 6) is -1.81. The van der Waals surface area contributed by atoms with Gasteiger partial charge in [-0.2, -0.15) is 13.2 Å². The Kier molecular flexibility index (Phi) is 6.41. The second kappa shape index (κ2) is 8.53. The minimum absolute atomic E-state index is 0.0320. The molecule has 0 aliphatic carbocycles. The van der Waals surface area contributed by atoms with Gasteiger partial charge in [0.15, 0.2) is 0 Å². The Labute approximate surface area is 142 Å². The number of aromatic carboxylic acids is 1.